The van der Waals surface area contributed by atoms with Gasteiger partial charge in [0.1, 0.15) is 12.0 Å². The number of hydrogen-bond donors (Lipinski definition) is 0. The van der Waals surface area contributed by atoms with Crippen molar-refractivity contribution >= 4 is 15.9 Å². The third-order valence-electron chi connectivity index (χ3n) is 1.06. The van der Waals surface area contributed by atoms with E-state index in [1.54, 1.807) is 0 Å². The minimum atomic E-state index is -1.23. The molecule has 0 radical (unpaired) electrons. The zero-order valence-corrected chi connectivity index (χ0v) is 6.11. The molecule has 1 aliphatic carbocycles. The Kier molecular flexibility index (Phi) is 2.01. The third kappa shape index (κ3) is 1.61. The van der Waals surface area contributed by atoms with Crippen molar-refractivity contribution in [2.24, 2.45) is 0 Å². The summed E-state index contributed by atoms with van der Waals surface area (Å²) in [6, 6.07) is 0. The summed E-state index contributed by atoms with van der Waals surface area (Å²) in [4.78, 5) is -0.364. The van der Waals surface area contributed by atoms with Gasteiger partial charge in [-0.25, -0.2) is 8.78 Å². The maximum atomic E-state index is 12.4. The molecule has 9 heavy (non-hydrogen) atoms. The van der Waals surface area contributed by atoms with E-state index in [2.05, 4.69) is 15.9 Å². The predicted octanol–water partition coefficient (Wildman–Crippen LogP) is 2.51. The lowest BCUT2D eigenvalue weighted by Gasteiger charge is -2.09. The van der Waals surface area contributed by atoms with Gasteiger partial charge in [0.05, 0.1) is 4.83 Å². The Morgan fingerprint density at radius 3 is 2.67 bits per heavy atom. The highest BCUT2D eigenvalue weighted by Crippen LogP contribution is 2.20. The van der Waals surface area contributed by atoms with Gasteiger partial charge in [-0.3, -0.25) is 0 Å². The first-order chi connectivity index (χ1) is 4.20. The van der Waals surface area contributed by atoms with Crippen LogP contribution in [0.1, 0.15) is 0 Å². The Bertz CT molecular complexity index is 162. The Balaban J connectivity index is 2.70. The van der Waals surface area contributed by atoms with E-state index in [-0.39, 0.29) is 4.83 Å². The van der Waals surface area contributed by atoms with Crippen molar-refractivity contribution in [3.05, 3.63) is 24.1 Å². The molecular weight excluding hydrogens is 190 g/mol. The summed E-state index contributed by atoms with van der Waals surface area (Å²) < 4.78 is 24.5. The number of halogens is 3. The molecule has 0 aromatic rings. The summed E-state index contributed by atoms with van der Waals surface area (Å²) in [5.41, 5.74) is 0. The lowest BCUT2D eigenvalue weighted by molar-refractivity contribution is 0.402. The van der Waals surface area contributed by atoms with Gasteiger partial charge in [-0.15, -0.1) is 0 Å². The minimum Gasteiger partial charge on any atom is -0.241 e. The van der Waals surface area contributed by atoms with Crippen LogP contribution < -0.4 is 0 Å². The largest absolute Gasteiger partial charge is 0.241 e. The molecule has 0 spiro atoms. The minimum absolute atomic E-state index is 0.364. The van der Waals surface area contributed by atoms with E-state index in [4.69, 9.17) is 0 Å². The van der Waals surface area contributed by atoms with Crippen LogP contribution >= 0.6 is 15.9 Å². The van der Waals surface area contributed by atoms with Gasteiger partial charge in [0, 0.05) is 0 Å². The summed E-state index contributed by atoms with van der Waals surface area (Å²) >= 11 is 3.01. The molecule has 0 heterocycles. The maximum Gasteiger partial charge on any atom is 0.137 e. The zero-order chi connectivity index (χ0) is 6.85. The molecule has 0 N–H and O–H groups in total. The molecule has 3 heteroatoms. The predicted molar refractivity (Wildman–Crippen MR) is 35.9 cm³/mol. The van der Waals surface area contributed by atoms with Gasteiger partial charge in [-0.2, -0.15) is 0 Å². The van der Waals surface area contributed by atoms with E-state index in [1.165, 1.54) is 12.2 Å². The molecule has 0 aliphatic heterocycles. The second-order valence-electron chi connectivity index (χ2n) is 1.80. The fraction of sp³-hybridized carbons (Fsp3) is 0.333. The fourth-order valence-corrected chi connectivity index (χ4v) is 0.895. The van der Waals surface area contributed by atoms with Crippen molar-refractivity contribution in [3.63, 3.8) is 0 Å². The van der Waals surface area contributed by atoms with E-state index in [0.29, 0.717) is 0 Å². The van der Waals surface area contributed by atoms with Crippen LogP contribution in [0.2, 0.25) is 0 Å². The van der Waals surface area contributed by atoms with Gasteiger partial charge in [0.25, 0.3) is 0 Å². The first-order valence-corrected chi connectivity index (χ1v) is 3.45. The topological polar surface area (TPSA) is 0 Å². The normalized spacial score (nSPS) is 34.3. The van der Waals surface area contributed by atoms with Gasteiger partial charge in [-0.05, 0) is 12.2 Å². The Morgan fingerprint density at radius 2 is 2.22 bits per heavy atom. The Labute approximate surface area is 60.4 Å². The van der Waals surface area contributed by atoms with Crippen LogP contribution in [0.5, 0.6) is 0 Å². The summed E-state index contributed by atoms with van der Waals surface area (Å²) in [7, 11) is 0. The van der Waals surface area contributed by atoms with Gasteiger partial charge >= 0.3 is 0 Å². The quantitative estimate of drug-likeness (QED) is 0.521. The smallest absolute Gasteiger partial charge is 0.137 e. The van der Waals surface area contributed by atoms with Crippen molar-refractivity contribution in [2.75, 3.05) is 0 Å². The lowest BCUT2D eigenvalue weighted by Crippen LogP contribution is -2.12. The van der Waals surface area contributed by atoms with Crippen LogP contribution in [0.4, 0.5) is 8.78 Å². The van der Waals surface area contributed by atoms with Gasteiger partial charge in [0.15, 0.2) is 0 Å². The van der Waals surface area contributed by atoms with E-state index in [1.807, 2.05) is 0 Å². The molecular formula is C6H5BrF2. The lowest BCUT2D eigenvalue weighted by atomic mass is 10.1. The fourth-order valence-electron chi connectivity index (χ4n) is 0.590. The average molecular weight is 195 g/mol. The van der Waals surface area contributed by atoms with Crippen LogP contribution in [0, 0.1) is 0 Å². The number of hydrogen-bond acceptors (Lipinski definition) is 0. The van der Waals surface area contributed by atoms with E-state index in [9.17, 15) is 8.78 Å². The van der Waals surface area contributed by atoms with E-state index in [0.717, 1.165) is 6.08 Å². The molecule has 2 atom stereocenters. The second kappa shape index (κ2) is 2.60. The summed E-state index contributed by atoms with van der Waals surface area (Å²) in [6.45, 7) is 0. The van der Waals surface area contributed by atoms with Crippen LogP contribution in [0.25, 0.3) is 0 Å². The molecule has 0 saturated heterocycles. The van der Waals surface area contributed by atoms with Gasteiger partial charge < -0.3 is 0 Å². The molecule has 0 nitrogen and oxygen atoms in total. The summed E-state index contributed by atoms with van der Waals surface area (Å²) in [5, 5.41) is 0. The zero-order valence-electron chi connectivity index (χ0n) is 4.52. The maximum absolute atomic E-state index is 12.4. The van der Waals surface area contributed by atoms with Crippen molar-refractivity contribution < 1.29 is 8.78 Å². The highest BCUT2D eigenvalue weighted by atomic mass is 79.9. The van der Waals surface area contributed by atoms with Crippen LogP contribution in [-0.2, 0) is 0 Å². The van der Waals surface area contributed by atoms with E-state index < -0.39 is 12.0 Å². The highest BCUT2D eigenvalue weighted by molar-refractivity contribution is 9.09. The average Bonchev–Trinajstić information content (AvgIpc) is 1.80. The monoisotopic (exact) mass is 194 g/mol. The Hall–Kier alpha value is -0.180. The molecule has 0 amide bonds. The molecule has 0 saturated carbocycles. The standard InChI is InChI=1S/C6H5BrF2/c7-5-2-1-4(8)3-6(5)9/h1-3,5-6H. The SMILES string of the molecule is FC1=CC(F)C(Br)C=C1. The van der Waals surface area contributed by atoms with Gasteiger partial charge in [-0.1, -0.05) is 22.0 Å². The summed E-state index contributed by atoms with van der Waals surface area (Å²) in [6.07, 6.45) is 2.41. The molecule has 1 aliphatic rings. The third-order valence-corrected chi connectivity index (χ3v) is 1.87. The second-order valence-corrected chi connectivity index (χ2v) is 2.86. The van der Waals surface area contributed by atoms with Crippen molar-refractivity contribution in [2.45, 2.75) is 11.0 Å². The van der Waals surface area contributed by atoms with Crippen molar-refractivity contribution in [1.29, 1.82) is 0 Å². The van der Waals surface area contributed by atoms with Crippen LogP contribution in [0.15, 0.2) is 24.1 Å². The molecule has 1 rings (SSSR count). The van der Waals surface area contributed by atoms with Crippen LogP contribution in [0.3, 0.4) is 0 Å². The molecule has 2 unspecified atom stereocenters. The molecule has 50 valence electrons. The first-order valence-electron chi connectivity index (χ1n) is 2.54. The van der Waals surface area contributed by atoms with Crippen LogP contribution in [-0.4, -0.2) is 11.0 Å². The van der Waals surface area contributed by atoms with Crippen molar-refractivity contribution in [3.8, 4) is 0 Å². The Morgan fingerprint density at radius 1 is 1.56 bits per heavy atom. The molecule has 0 aromatic carbocycles. The number of rotatable bonds is 0. The first kappa shape index (κ1) is 6.93. The molecule has 0 bridgehead atoms. The number of alkyl halides is 2. The van der Waals surface area contributed by atoms with E-state index >= 15 is 0 Å². The highest BCUT2D eigenvalue weighted by Gasteiger charge is 2.16. The summed E-state index contributed by atoms with van der Waals surface area (Å²) in [5.74, 6) is -0.502. The molecule has 0 aromatic heterocycles. The number of allylic oxidation sites excluding steroid dienone is 4. The molecule has 0 fully saturated rings. The van der Waals surface area contributed by atoms with Gasteiger partial charge in [0.2, 0.25) is 0 Å². The van der Waals surface area contributed by atoms with Crippen molar-refractivity contribution in [1.82, 2.24) is 0 Å².